The van der Waals surface area contributed by atoms with Gasteiger partial charge >= 0.3 is 0 Å². The van der Waals surface area contributed by atoms with Gasteiger partial charge in [-0.1, -0.05) is 6.92 Å². The quantitative estimate of drug-likeness (QED) is 0.608. The summed E-state index contributed by atoms with van der Waals surface area (Å²) in [7, 11) is 0. The molecule has 2 amide bonds. The van der Waals surface area contributed by atoms with E-state index in [1.165, 1.54) is 6.42 Å². The lowest BCUT2D eigenvalue weighted by molar-refractivity contribution is -0.127. The molecule has 1 atom stereocenters. The van der Waals surface area contributed by atoms with Crippen molar-refractivity contribution >= 4 is 11.8 Å². The zero-order valence-corrected chi connectivity index (χ0v) is 7.12. The van der Waals surface area contributed by atoms with Gasteiger partial charge in [0, 0.05) is 19.5 Å². The van der Waals surface area contributed by atoms with Gasteiger partial charge in [0.2, 0.25) is 11.8 Å². The fourth-order valence-electron chi connectivity index (χ4n) is 1.38. The van der Waals surface area contributed by atoms with Gasteiger partial charge in [0.25, 0.3) is 0 Å². The zero-order chi connectivity index (χ0) is 9.14. The molecule has 1 heterocycles. The predicted octanol–water partition coefficient (Wildman–Crippen LogP) is -0.456. The van der Waals surface area contributed by atoms with Gasteiger partial charge in [-0.2, -0.15) is 0 Å². The van der Waals surface area contributed by atoms with E-state index in [0.29, 0.717) is 19.5 Å². The lowest BCUT2D eigenvalue weighted by Gasteiger charge is -2.13. The van der Waals surface area contributed by atoms with E-state index in [4.69, 9.17) is 5.73 Å². The maximum atomic E-state index is 11.1. The maximum Gasteiger partial charge on any atom is 0.226 e. The number of primary amides is 1. The maximum absolute atomic E-state index is 11.1. The van der Waals surface area contributed by atoms with Crippen LogP contribution in [0, 0.1) is 12.3 Å². The zero-order valence-electron chi connectivity index (χ0n) is 7.12. The Kier molecular flexibility index (Phi) is 2.68. The minimum absolute atomic E-state index is 0.0150. The molecule has 0 aromatic heterocycles. The SMILES string of the molecule is C[CH]C(=O)N1CC[C@@H](C(N)=O)C1. The van der Waals surface area contributed by atoms with Crippen molar-refractivity contribution in [3.63, 3.8) is 0 Å². The van der Waals surface area contributed by atoms with Gasteiger partial charge in [-0.15, -0.1) is 0 Å². The lowest BCUT2D eigenvalue weighted by Crippen LogP contribution is -2.31. The van der Waals surface area contributed by atoms with Crippen molar-refractivity contribution in [2.75, 3.05) is 13.1 Å². The molecule has 0 bridgehead atoms. The third-order valence-electron chi connectivity index (χ3n) is 2.15. The Labute approximate surface area is 71.7 Å². The normalized spacial score (nSPS) is 22.8. The number of rotatable bonds is 2. The van der Waals surface area contributed by atoms with Crippen molar-refractivity contribution < 1.29 is 9.59 Å². The standard InChI is InChI=1S/C8H13N2O2/c1-2-7(11)10-4-3-6(5-10)8(9)12/h2,6H,3-5H2,1H3,(H2,9,12)/t6-/m1/s1. The summed E-state index contributed by atoms with van der Waals surface area (Å²) in [5.41, 5.74) is 5.11. The van der Waals surface area contributed by atoms with E-state index in [0.717, 1.165) is 0 Å². The molecule has 4 nitrogen and oxygen atoms in total. The van der Waals surface area contributed by atoms with Crippen LogP contribution in [0.4, 0.5) is 0 Å². The average molecular weight is 169 g/mol. The highest BCUT2D eigenvalue weighted by Gasteiger charge is 2.28. The highest BCUT2D eigenvalue weighted by Crippen LogP contribution is 2.15. The molecule has 1 saturated heterocycles. The molecule has 1 aliphatic rings. The van der Waals surface area contributed by atoms with Crippen molar-refractivity contribution in [1.29, 1.82) is 0 Å². The Bertz CT molecular complexity index is 203. The molecule has 0 aromatic rings. The van der Waals surface area contributed by atoms with Crippen LogP contribution < -0.4 is 5.73 Å². The van der Waals surface area contributed by atoms with Gasteiger partial charge in [0.05, 0.1) is 5.92 Å². The molecule has 0 spiro atoms. The predicted molar refractivity (Wildman–Crippen MR) is 43.9 cm³/mol. The number of hydrogen-bond acceptors (Lipinski definition) is 2. The number of nitrogens with zero attached hydrogens (tertiary/aromatic N) is 1. The molecule has 1 aliphatic heterocycles. The second kappa shape index (κ2) is 3.56. The molecule has 1 radical (unpaired) electrons. The highest BCUT2D eigenvalue weighted by molar-refractivity contribution is 5.86. The van der Waals surface area contributed by atoms with Crippen LogP contribution in [0.2, 0.25) is 0 Å². The van der Waals surface area contributed by atoms with Crippen molar-refractivity contribution in [2.45, 2.75) is 13.3 Å². The van der Waals surface area contributed by atoms with Gasteiger partial charge in [-0.05, 0) is 6.42 Å². The summed E-state index contributed by atoms with van der Waals surface area (Å²) in [6.07, 6.45) is 2.21. The third kappa shape index (κ3) is 1.75. The molecule has 2 N–H and O–H groups in total. The summed E-state index contributed by atoms with van der Waals surface area (Å²) in [5, 5.41) is 0. The van der Waals surface area contributed by atoms with Gasteiger partial charge in [-0.25, -0.2) is 0 Å². The second-order valence-corrected chi connectivity index (χ2v) is 2.96. The van der Waals surface area contributed by atoms with Crippen molar-refractivity contribution in [1.82, 2.24) is 4.90 Å². The summed E-state index contributed by atoms with van der Waals surface area (Å²) in [4.78, 5) is 23.5. The number of amides is 2. The molecule has 12 heavy (non-hydrogen) atoms. The first-order valence-electron chi connectivity index (χ1n) is 4.02. The fraction of sp³-hybridized carbons (Fsp3) is 0.625. The molecule has 0 unspecified atom stereocenters. The second-order valence-electron chi connectivity index (χ2n) is 2.96. The number of carbonyl (C=O) groups is 2. The summed E-state index contributed by atoms with van der Waals surface area (Å²) in [6.45, 7) is 2.83. The van der Waals surface area contributed by atoms with Crippen molar-refractivity contribution in [2.24, 2.45) is 11.7 Å². The van der Waals surface area contributed by atoms with E-state index in [1.807, 2.05) is 0 Å². The topological polar surface area (TPSA) is 63.4 Å². The monoisotopic (exact) mass is 169 g/mol. The molecular weight excluding hydrogens is 156 g/mol. The molecule has 1 fully saturated rings. The first kappa shape index (κ1) is 9.03. The van der Waals surface area contributed by atoms with Crippen molar-refractivity contribution in [3.8, 4) is 0 Å². The first-order valence-corrected chi connectivity index (χ1v) is 4.02. The van der Waals surface area contributed by atoms with E-state index < -0.39 is 0 Å². The van der Waals surface area contributed by atoms with Crippen LogP contribution in [0.1, 0.15) is 13.3 Å². The minimum atomic E-state index is -0.304. The van der Waals surface area contributed by atoms with E-state index >= 15 is 0 Å². The Balaban J connectivity index is 2.45. The van der Waals surface area contributed by atoms with E-state index in [1.54, 1.807) is 11.8 Å². The highest BCUT2D eigenvalue weighted by atomic mass is 16.2. The summed E-state index contributed by atoms with van der Waals surface area (Å²) < 4.78 is 0. The number of nitrogens with two attached hydrogens (primary N) is 1. The van der Waals surface area contributed by atoms with E-state index in [2.05, 4.69) is 0 Å². The van der Waals surface area contributed by atoms with Crippen LogP contribution in [0.5, 0.6) is 0 Å². The largest absolute Gasteiger partial charge is 0.369 e. The van der Waals surface area contributed by atoms with Gasteiger partial charge in [0.15, 0.2) is 0 Å². The molecule has 0 aromatic carbocycles. The average Bonchev–Trinajstić information content (AvgIpc) is 2.51. The Morgan fingerprint density at radius 1 is 1.58 bits per heavy atom. The molecule has 0 saturated carbocycles. The number of hydrogen-bond donors (Lipinski definition) is 1. The lowest BCUT2D eigenvalue weighted by atomic mass is 10.1. The van der Waals surface area contributed by atoms with Crippen LogP contribution in [0.15, 0.2) is 0 Å². The van der Waals surface area contributed by atoms with Crippen LogP contribution in [-0.4, -0.2) is 29.8 Å². The van der Waals surface area contributed by atoms with Gasteiger partial charge in [0.1, 0.15) is 0 Å². The van der Waals surface area contributed by atoms with E-state index in [9.17, 15) is 9.59 Å². The van der Waals surface area contributed by atoms with Gasteiger partial charge in [-0.3, -0.25) is 9.59 Å². The number of likely N-dealkylation sites (tertiary alicyclic amines) is 1. The smallest absolute Gasteiger partial charge is 0.226 e. The molecule has 67 valence electrons. The minimum Gasteiger partial charge on any atom is -0.369 e. The van der Waals surface area contributed by atoms with Crippen molar-refractivity contribution in [3.05, 3.63) is 6.42 Å². The Morgan fingerprint density at radius 2 is 2.25 bits per heavy atom. The van der Waals surface area contributed by atoms with Crippen LogP contribution in [-0.2, 0) is 9.59 Å². The Hall–Kier alpha value is -1.06. The fourth-order valence-corrected chi connectivity index (χ4v) is 1.38. The third-order valence-corrected chi connectivity index (χ3v) is 2.15. The first-order chi connectivity index (χ1) is 5.65. The molecular formula is C8H13N2O2. The van der Waals surface area contributed by atoms with Gasteiger partial charge < -0.3 is 10.6 Å². The summed E-state index contributed by atoms with van der Waals surface area (Å²) >= 11 is 0. The van der Waals surface area contributed by atoms with Crippen LogP contribution in [0.3, 0.4) is 0 Å². The molecule has 0 aliphatic carbocycles. The summed E-state index contributed by atoms with van der Waals surface area (Å²) in [5.74, 6) is -0.464. The molecule has 4 heteroatoms. The van der Waals surface area contributed by atoms with Crippen LogP contribution >= 0.6 is 0 Å². The number of carbonyl (C=O) groups excluding carboxylic acids is 2. The molecule has 1 rings (SSSR count). The Morgan fingerprint density at radius 3 is 2.67 bits per heavy atom. The summed E-state index contributed by atoms with van der Waals surface area (Å²) in [6, 6.07) is 0. The van der Waals surface area contributed by atoms with E-state index in [-0.39, 0.29) is 17.7 Å². The van der Waals surface area contributed by atoms with Crippen LogP contribution in [0.25, 0.3) is 0 Å².